The van der Waals surface area contributed by atoms with E-state index in [1.807, 2.05) is 23.9 Å². The summed E-state index contributed by atoms with van der Waals surface area (Å²) >= 11 is 1.95. The van der Waals surface area contributed by atoms with E-state index in [-0.39, 0.29) is 0 Å². The summed E-state index contributed by atoms with van der Waals surface area (Å²) in [5.74, 6) is 0.911. The standard InChI is InChI=1S/C13H16N4S/c1-18-11-4-2-3-9(11)16-12-6-5-10-13(17-12)15-8-7-14-10/h5-9,11H,2-4H2,1H3,(H,15,16,17)/t9-,11-/m0/s1. The number of hydrogen-bond acceptors (Lipinski definition) is 5. The Kier molecular flexibility index (Phi) is 3.32. The highest BCUT2D eigenvalue weighted by atomic mass is 32.2. The molecule has 0 bridgehead atoms. The lowest BCUT2D eigenvalue weighted by atomic mass is 10.2. The Hall–Kier alpha value is -1.36. The van der Waals surface area contributed by atoms with E-state index in [2.05, 4.69) is 26.5 Å². The van der Waals surface area contributed by atoms with Crippen molar-refractivity contribution in [1.82, 2.24) is 15.0 Å². The summed E-state index contributed by atoms with van der Waals surface area (Å²) in [6, 6.07) is 4.49. The topological polar surface area (TPSA) is 50.7 Å². The van der Waals surface area contributed by atoms with Gasteiger partial charge in [0.1, 0.15) is 11.3 Å². The molecule has 1 saturated carbocycles. The Morgan fingerprint density at radius 1 is 1.22 bits per heavy atom. The third-order valence-electron chi connectivity index (χ3n) is 3.42. The van der Waals surface area contributed by atoms with Gasteiger partial charge < -0.3 is 5.32 Å². The Balaban J connectivity index is 1.82. The van der Waals surface area contributed by atoms with Crippen molar-refractivity contribution in [3.8, 4) is 0 Å². The molecule has 18 heavy (non-hydrogen) atoms. The lowest BCUT2D eigenvalue weighted by molar-refractivity contribution is 0.764. The zero-order chi connectivity index (χ0) is 12.4. The van der Waals surface area contributed by atoms with Crippen LogP contribution in [-0.4, -0.2) is 32.5 Å². The molecule has 0 radical (unpaired) electrons. The Morgan fingerprint density at radius 2 is 2.11 bits per heavy atom. The van der Waals surface area contributed by atoms with Crippen LogP contribution in [0.1, 0.15) is 19.3 Å². The molecule has 94 valence electrons. The molecule has 4 nitrogen and oxygen atoms in total. The lowest BCUT2D eigenvalue weighted by Crippen LogP contribution is -2.26. The first-order valence-corrected chi connectivity index (χ1v) is 7.53. The Bertz CT molecular complexity index is 545. The van der Waals surface area contributed by atoms with Crippen LogP contribution in [-0.2, 0) is 0 Å². The van der Waals surface area contributed by atoms with Crippen LogP contribution in [0.5, 0.6) is 0 Å². The molecule has 2 heterocycles. The van der Waals surface area contributed by atoms with E-state index in [4.69, 9.17) is 0 Å². The van der Waals surface area contributed by atoms with Crippen LogP contribution in [0.25, 0.3) is 11.2 Å². The first kappa shape index (κ1) is 11.7. The molecule has 0 aliphatic heterocycles. The van der Waals surface area contributed by atoms with Crippen molar-refractivity contribution >= 4 is 28.7 Å². The number of pyridine rings is 1. The average Bonchev–Trinajstić information content (AvgIpc) is 2.86. The molecule has 5 heteroatoms. The van der Waals surface area contributed by atoms with Crippen LogP contribution in [0.2, 0.25) is 0 Å². The number of anilines is 1. The highest BCUT2D eigenvalue weighted by molar-refractivity contribution is 7.99. The first-order chi connectivity index (χ1) is 8.86. The zero-order valence-corrected chi connectivity index (χ0v) is 11.2. The van der Waals surface area contributed by atoms with E-state index >= 15 is 0 Å². The summed E-state index contributed by atoms with van der Waals surface area (Å²) in [4.78, 5) is 13.0. The van der Waals surface area contributed by atoms with E-state index in [1.165, 1.54) is 19.3 Å². The van der Waals surface area contributed by atoms with Crippen molar-refractivity contribution in [1.29, 1.82) is 0 Å². The Labute approximate surface area is 111 Å². The van der Waals surface area contributed by atoms with Crippen molar-refractivity contribution in [3.63, 3.8) is 0 Å². The van der Waals surface area contributed by atoms with Crippen molar-refractivity contribution < 1.29 is 0 Å². The average molecular weight is 260 g/mol. The molecular formula is C13H16N4S. The minimum absolute atomic E-state index is 0.529. The van der Waals surface area contributed by atoms with E-state index in [0.29, 0.717) is 16.9 Å². The largest absolute Gasteiger partial charge is 0.366 e. The van der Waals surface area contributed by atoms with Gasteiger partial charge in [0, 0.05) is 23.7 Å². The van der Waals surface area contributed by atoms with Gasteiger partial charge in [0.2, 0.25) is 0 Å². The Morgan fingerprint density at radius 3 is 3.00 bits per heavy atom. The van der Waals surface area contributed by atoms with Gasteiger partial charge in [-0.3, -0.25) is 4.98 Å². The van der Waals surface area contributed by atoms with E-state index in [1.54, 1.807) is 12.4 Å². The van der Waals surface area contributed by atoms with Crippen LogP contribution >= 0.6 is 11.8 Å². The molecule has 1 N–H and O–H groups in total. The maximum Gasteiger partial charge on any atom is 0.180 e. The van der Waals surface area contributed by atoms with Crippen LogP contribution in [0.15, 0.2) is 24.5 Å². The van der Waals surface area contributed by atoms with Gasteiger partial charge in [-0.15, -0.1) is 0 Å². The molecule has 1 aliphatic carbocycles. The van der Waals surface area contributed by atoms with Crippen molar-refractivity contribution in [2.45, 2.75) is 30.6 Å². The van der Waals surface area contributed by atoms with E-state index in [9.17, 15) is 0 Å². The fraction of sp³-hybridized carbons (Fsp3) is 0.462. The summed E-state index contributed by atoms with van der Waals surface area (Å²) in [5, 5.41) is 4.23. The smallest absolute Gasteiger partial charge is 0.180 e. The summed E-state index contributed by atoms with van der Waals surface area (Å²) in [6.45, 7) is 0. The van der Waals surface area contributed by atoms with Crippen molar-refractivity contribution in [3.05, 3.63) is 24.5 Å². The number of fused-ring (bicyclic) bond motifs is 1. The lowest BCUT2D eigenvalue weighted by Gasteiger charge is -2.19. The van der Waals surface area contributed by atoms with Crippen LogP contribution in [0.4, 0.5) is 5.82 Å². The molecule has 1 fully saturated rings. The normalized spacial score (nSPS) is 23.4. The van der Waals surface area contributed by atoms with E-state index in [0.717, 1.165) is 11.3 Å². The van der Waals surface area contributed by atoms with Gasteiger partial charge in [0.25, 0.3) is 0 Å². The van der Waals surface area contributed by atoms with Crippen LogP contribution < -0.4 is 5.32 Å². The molecule has 3 rings (SSSR count). The second kappa shape index (κ2) is 5.10. The second-order valence-corrected chi connectivity index (χ2v) is 5.63. The molecule has 2 aromatic rings. The first-order valence-electron chi connectivity index (χ1n) is 6.24. The number of hydrogen-bond donors (Lipinski definition) is 1. The van der Waals surface area contributed by atoms with Crippen LogP contribution in [0.3, 0.4) is 0 Å². The fourth-order valence-electron chi connectivity index (χ4n) is 2.50. The highest BCUT2D eigenvalue weighted by Crippen LogP contribution is 2.30. The second-order valence-electron chi connectivity index (χ2n) is 4.55. The molecule has 1 aliphatic rings. The van der Waals surface area contributed by atoms with Crippen molar-refractivity contribution in [2.24, 2.45) is 0 Å². The van der Waals surface area contributed by atoms with Gasteiger partial charge in [0.05, 0.1) is 0 Å². The van der Waals surface area contributed by atoms with Gasteiger partial charge in [0.15, 0.2) is 5.65 Å². The zero-order valence-electron chi connectivity index (χ0n) is 10.3. The predicted octanol–water partition coefficient (Wildman–Crippen LogP) is 2.72. The summed E-state index contributed by atoms with van der Waals surface area (Å²) in [6.07, 6.45) is 9.38. The number of rotatable bonds is 3. The molecule has 0 spiro atoms. The summed E-state index contributed by atoms with van der Waals surface area (Å²) in [5.41, 5.74) is 1.55. The quantitative estimate of drug-likeness (QED) is 0.919. The summed E-state index contributed by atoms with van der Waals surface area (Å²) in [7, 11) is 0. The molecule has 2 aromatic heterocycles. The third kappa shape index (κ3) is 2.27. The maximum atomic E-state index is 4.51. The molecule has 0 unspecified atom stereocenters. The highest BCUT2D eigenvalue weighted by Gasteiger charge is 2.26. The van der Waals surface area contributed by atoms with Gasteiger partial charge in [-0.1, -0.05) is 6.42 Å². The third-order valence-corrected chi connectivity index (χ3v) is 4.59. The van der Waals surface area contributed by atoms with Gasteiger partial charge in [-0.25, -0.2) is 9.97 Å². The monoisotopic (exact) mass is 260 g/mol. The number of nitrogens with one attached hydrogen (secondary N) is 1. The van der Waals surface area contributed by atoms with Gasteiger partial charge in [-0.05, 0) is 31.2 Å². The molecule has 0 aromatic carbocycles. The predicted molar refractivity (Wildman–Crippen MR) is 75.9 cm³/mol. The number of thioether (sulfide) groups is 1. The molecule has 0 saturated heterocycles. The molecule has 0 amide bonds. The van der Waals surface area contributed by atoms with Crippen LogP contribution in [0, 0.1) is 0 Å². The minimum atomic E-state index is 0.529. The molecule has 2 atom stereocenters. The fourth-order valence-corrected chi connectivity index (χ4v) is 3.43. The number of aromatic nitrogens is 3. The number of nitrogens with zero attached hydrogens (tertiary/aromatic N) is 3. The maximum absolute atomic E-state index is 4.51. The minimum Gasteiger partial charge on any atom is -0.366 e. The van der Waals surface area contributed by atoms with Gasteiger partial charge in [-0.2, -0.15) is 11.8 Å². The molecular weight excluding hydrogens is 244 g/mol. The van der Waals surface area contributed by atoms with E-state index < -0.39 is 0 Å². The van der Waals surface area contributed by atoms with Crippen molar-refractivity contribution in [2.75, 3.05) is 11.6 Å². The SMILES string of the molecule is CS[C@H]1CCC[C@@H]1Nc1ccc2nccnc2n1. The van der Waals surface area contributed by atoms with Gasteiger partial charge >= 0.3 is 0 Å². The summed E-state index contributed by atoms with van der Waals surface area (Å²) < 4.78 is 0.